The summed E-state index contributed by atoms with van der Waals surface area (Å²) in [6.45, 7) is 2.09. The molecule has 1 atom stereocenters. The highest BCUT2D eigenvalue weighted by Crippen LogP contribution is 2.35. The average Bonchev–Trinajstić information content (AvgIpc) is 3.20. The molecular formula is C13H17F2NO2S. The zero-order valence-corrected chi connectivity index (χ0v) is 11.5. The van der Waals surface area contributed by atoms with Crippen LogP contribution >= 0.6 is 0 Å². The number of alkyl halides is 2. The van der Waals surface area contributed by atoms with E-state index in [1.54, 1.807) is 12.1 Å². The van der Waals surface area contributed by atoms with Crippen LogP contribution in [-0.2, 0) is 9.84 Å². The molecule has 1 aliphatic carbocycles. The maximum Gasteiger partial charge on any atom is 0.341 e. The zero-order chi connectivity index (χ0) is 14.0. The Kier molecular flexibility index (Phi) is 4.08. The van der Waals surface area contributed by atoms with Gasteiger partial charge in [0.15, 0.2) is 0 Å². The predicted molar refractivity (Wildman–Crippen MR) is 70.1 cm³/mol. The van der Waals surface area contributed by atoms with Crippen LogP contribution in [0.25, 0.3) is 0 Å². The van der Waals surface area contributed by atoms with E-state index in [-0.39, 0.29) is 4.90 Å². The Hall–Kier alpha value is -1.17. The number of sulfone groups is 1. The van der Waals surface area contributed by atoms with Crippen LogP contribution < -0.4 is 5.32 Å². The van der Waals surface area contributed by atoms with Crippen LogP contribution in [0.4, 0.5) is 14.5 Å². The average molecular weight is 289 g/mol. The smallest absolute Gasteiger partial charge is 0.341 e. The van der Waals surface area contributed by atoms with E-state index in [1.807, 2.05) is 0 Å². The van der Waals surface area contributed by atoms with Gasteiger partial charge in [-0.3, -0.25) is 0 Å². The summed E-state index contributed by atoms with van der Waals surface area (Å²) in [5.74, 6) is -2.70. The van der Waals surface area contributed by atoms with Gasteiger partial charge in [-0.1, -0.05) is 6.92 Å². The van der Waals surface area contributed by atoms with Gasteiger partial charge >= 0.3 is 5.76 Å². The summed E-state index contributed by atoms with van der Waals surface area (Å²) in [6.07, 6.45) is 3.41. The quantitative estimate of drug-likeness (QED) is 0.874. The first-order valence-corrected chi connectivity index (χ1v) is 7.88. The Labute approximate surface area is 111 Å². The Bertz CT molecular complexity index is 524. The van der Waals surface area contributed by atoms with Gasteiger partial charge in [-0.05, 0) is 49.4 Å². The van der Waals surface area contributed by atoms with Crippen molar-refractivity contribution in [3.63, 3.8) is 0 Å². The normalized spacial score (nSPS) is 17.5. The molecule has 0 amide bonds. The van der Waals surface area contributed by atoms with Crippen molar-refractivity contribution in [1.82, 2.24) is 0 Å². The van der Waals surface area contributed by atoms with E-state index in [4.69, 9.17) is 0 Å². The molecule has 1 saturated carbocycles. The Morgan fingerprint density at radius 1 is 1.26 bits per heavy atom. The van der Waals surface area contributed by atoms with Gasteiger partial charge in [0.2, 0.25) is 9.84 Å². The molecule has 6 heteroatoms. The van der Waals surface area contributed by atoms with Crippen LogP contribution in [0.5, 0.6) is 0 Å². The lowest BCUT2D eigenvalue weighted by molar-refractivity contribution is 0.234. The lowest BCUT2D eigenvalue weighted by Crippen LogP contribution is -2.20. The fraction of sp³-hybridized carbons (Fsp3) is 0.538. The first kappa shape index (κ1) is 14.2. The maximum absolute atomic E-state index is 12.4. The Morgan fingerprint density at radius 3 is 2.26 bits per heavy atom. The molecule has 1 N–H and O–H groups in total. The largest absolute Gasteiger partial charge is 0.382 e. The fourth-order valence-electron chi connectivity index (χ4n) is 2.11. The zero-order valence-electron chi connectivity index (χ0n) is 10.6. The lowest BCUT2D eigenvalue weighted by atomic mass is 10.1. The third-order valence-electron chi connectivity index (χ3n) is 3.40. The van der Waals surface area contributed by atoms with Gasteiger partial charge in [-0.15, -0.1) is 0 Å². The molecule has 2 rings (SSSR count). The van der Waals surface area contributed by atoms with Crippen molar-refractivity contribution in [1.29, 1.82) is 0 Å². The van der Waals surface area contributed by atoms with Gasteiger partial charge in [0.25, 0.3) is 0 Å². The van der Waals surface area contributed by atoms with Gasteiger partial charge in [-0.2, -0.15) is 8.78 Å². The second-order valence-corrected chi connectivity index (χ2v) is 6.74. The highest BCUT2D eigenvalue weighted by molar-refractivity contribution is 7.91. The molecule has 106 valence electrons. The lowest BCUT2D eigenvalue weighted by Gasteiger charge is -2.17. The first-order chi connectivity index (χ1) is 8.95. The minimum Gasteiger partial charge on any atom is -0.382 e. The topological polar surface area (TPSA) is 46.2 Å². The van der Waals surface area contributed by atoms with E-state index in [0.717, 1.165) is 12.1 Å². The molecule has 0 bridgehead atoms. The molecule has 0 radical (unpaired) electrons. The molecule has 1 unspecified atom stereocenters. The number of benzene rings is 1. The van der Waals surface area contributed by atoms with Crippen LogP contribution in [0.1, 0.15) is 26.2 Å². The molecule has 1 aliphatic rings. The Morgan fingerprint density at radius 2 is 1.84 bits per heavy atom. The summed E-state index contributed by atoms with van der Waals surface area (Å²) in [5, 5.41) is 3.32. The highest BCUT2D eigenvalue weighted by Gasteiger charge is 2.30. The number of nitrogens with one attached hydrogen (secondary N) is 1. The molecule has 3 nitrogen and oxygen atoms in total. The molecule has 0 spiro atoms. The molecule has 1 fully saturated rings. The summed E-state index contributed by atoms with van der Waals surface area (Å²) in [4.78, 5) is -0.340. The molecule has 19 heavy (non-hydrogen) atoms. The van der Waals surface area contributed by atoms with E-state index in [9.17, 15) is 17.2 Å². The summed E-state index contributed by atoms with van der Waals surface area (Å²) in [7, 11) is -4.49. The van der Waals surface area contributed by atoms with E-state index in [1.165, 1.54) is 25.0 Å². The summed E-state index contributed by atoms with van der Waals surface area (Å²) < 4.78 is 47.3. The maximum atomic E-state index is 12.4. The minimum absolute atomic E-state index is 0.340. The van der Waals surface area contributed by atoms with Crippen LogP contribution in [0.15, 0.2) is 29.2 Å². The minimum atomic E-state index is -4.49. The van der Waals surface area contributed by atoms with E-state index >= 15 is 0 Å². The van der Waals surface area contributed by atoms with Crippen LogP contribution in [0.2, 0.25) is 0 Å². The third-order valence-corrected chi connectivity index (χ3v) is 4.80. The number of anilines is 1. The molecule has 0 saturated heterocycles. The van der Waals surface area contributed by atoms with E-state index < -0.39 is 15.6 Å². The van der Waals surface area contributed by atoms with Gasteiger partial charge in [-0.25, -0.2) is 8.42 Å². The standard InChI is InChI=1S/C13H17F2NO2S/c1-2-12(9-3-4-9)16-10-5-7-11(8-6-10)19(17,18)13(14)15/h5-9,12-13,16H,2-4H2,1H3. The second kappa shape index (κ2) is 5.45. The van der Waals surface area contributed by atoms with E-state index in [2.05, 4.69) is 12.2 Å². The molecule has 1 aromatic carbocycles. The van der Waals surface area contributed by atoms with Gasteiger partial charge in [0.1, 0.15) is 0 Å². The van der Waals surface area contributed by atoms with Crippen molar-refractivity contribution in [3.8, 4) is 0 Å². The summed E-state index contributed by atoms with van der Waals surface area (Å²) >= 11 is 0. The summed E-state index contributed by atoms with van der Waals surface area (Å²) in [5.41, 5.74) is 0.770. The number of halogens is 2. The van der Waals surface area contributed by atoms with Crippen molar-refractivity contribution in [2.45, 2.75) is 42.9 Å². The van der Waals surface area contributed by atoms with Crippen LogP contribution in [0, 0.1) is 5.92 Å². The molecule has 0 aliphatic heterocycles. The van der Waals surface area contributed by atoms with Crippen molar-refractivity contribution in [2.75, 3.05) is 5.32 Å². The van der Waals surface area contributed by atoms with Crippen molar-refractivity contribution in [3.05, 3.63) is 24.3 Å². The highest BCUT2D eigenvalue weighted by atomic mass is 32.2. The van der Waals surface area contributed by atoms with Gasteiger partial charge < -0.3 is 5.32 Å². The van der Waals surface area contributed by atoms with E-state index in [0.29, 0.717) is 12.0 Å². The van der Waals surface area contributed by atoms with Crippen molar-refractivity contribution < 1.29 is 17.2 Å². The van der Waals surface area contributed by atoms with Crippen molar-refractivity contribution >= 4 is 15.5 Å². The van der Waals surface area contributed by atoms with Gasteiger partial charge in [0, 0.05) is 11.7 Å². The van der Waals surface area contributed by atoms with Gasteiger partial charge in [0.05, 0.1) is 4.90 Å². The molecule has 0 aromatic heterocycles. The Balaban J connectivity index is 2.10. The van der Waals surface area contributed by atoms with Crippen molar-refractivity contribution in [2.24, 2.45) is 5.92 Å². The monoisotopic (exact) mass is 289 g/mol. The molecule has 0 heterocycles. The number of hydrogen-bond donors (Lipinski definition) is 1. The van der Waals surface area contributed by atoms with Crippen LogP contribution in [0.3, 0.4) is 0 Å². The first-order valence-electron chi connectivity index (χ1n) is 6.33. The fourth-order valence-corrected chi connectivity index (χ4v) is 2.83. The molecular weight excluding hydrogens is 272 g/mol. The predicted octanol–water partition coefficient (Wildman–Crippen LogP) is 3.28. The SMILES string of the molecule is CCC(Nc1ccc(S(=O)(=O)C(F)F)cc1)C1CC1. The number of rotatable bonds is 6. The summed E-state index contributed by atoms with van der Waals surface area (Å²) in [6, 6.07) is 5.91. The van der Waals surface area contributed by atoms with Crippen LogP contribution in [-0.4, -0.2) is 20.2 Å². The molecule has 1 aromatic rings. The third kappa shape index (κ3) is 3.23. The second-order valence-electron chi connectivity index (χ2n) is 4.83. The number of hydrogen-bond acceptors (Lipinski definition) is 3.